The highest BCUT2D eigenvalue weighted by molar-refractivity contribution is 5.29. The minimum Gasteiger partial charge on any atom is -0.489 e. The van der Waals surface area contributed by atoms with Crippen molar-refractivity contribution in [2.75, 3.05) is 0 Å². The third-order valence-corrected chi connectivity index (χ3v) is 4.33. The van der Waals surface area contributed by atoms with Crippen LogP contribution >= 0.6 is 0 Å². The van der Waals surface area contributed by atoms with Gasteiger partial charge in [-0.15, -0.1) is 0 Å². The van der Waals surface area contributed by atoms with E-state index in [9.17, 15) is 0 Å². The molecule has 0 amide bonds. The van der Waals surface area contributed by atoms with E-state index in [2.05, 4.69) is 29.4 Å². The molecule has 1 heterocycles. The first kappa shape index (κ1) is 18.1. The summed E-state index contributed by atoms with van der Waals surface area (Å²) in [6.07, 6.45) is 3.57. The number of rotatable bonds is 8. The first-order valence-electron chi connectivity index (χ1n) is 8.78. The Bertz CT molecular complexity index is 787. The lowest BCUT2D eigenvalue weighted by molar-refractivity contribution is 0.282. The molecule has 0 fully saturated rings. The number of aliphatic hydroxyl groups excluding tert-OH is 1. The summed E-state index contributed by atoms with van der Waals surface area (Å²) >= 11 is 0. The number of hydrogen-bond donors (Lipinski definition) is 2. The minimum absolute atomic E-state index is 0.0827. The fraction of sp³-hybridized carbons (Fsp3) is 0.227. The average molecular weight is 348 g/mol. The van der Waals surface area contributed by atoms with Crippen molar-refractivity contribution in [2.45, 2.75) is 32.7 Å². The van der Waals surface area contributed by atoms with E-state index >= 15 is 0 Å². The van der Waals surface area contributed by atoms with Crippen LogP contribution in [0.15, 0.2) is 73.1 Å². The topological polar surface area (TPSA) is 54.4 Å². The molecule has 2 N–H and O–H groups in total. The smallest absolute Gasteiger partial charge is 0.119 e. The number of aliphatic hydroxyl groups is 1. The van der Waals surface area contributed by atoms with Crippen LogP contribution in [-0.4, -0.2) is 10.1 Å². The summed E-state index contributed by atoms with van der Waals surface area (Å²) in [6.45, 7) is 3.53. The Kier molecular flexibility index (Phi) is 6.36. The molecule has 134 valence electrons. The van der Waals surface area contributed by atoms with E-state index in [0.717, 1.165) is 23.4 Å². The molecule has 3 rings (SSSR count). The Hall–Kier alpha value is -2.69. The third kappa shape index (κ3) is 5.15. The SMILES string of the molecule is CC(NCc1ccc(CO)cc1)c1ccc(OCc2cccnc2)cc1. The maximum Gasteiger partial charge on any atom is 0.119 e. The van der Waals surface area contributed by atoms with Crippen LogP contribution in [0.1, 0.15) is 35.2 Å². The predicted octanol–water partition coefficient (Wildman–Crippen LogP) is 4.00. The van der Waals surface area contributed by atoms with Crippen molar-refractivity contribution in [3.63, 3.8) is 0 Å². The van der Waals surface area contributed by atoms with Gasteiger partial charge in [-0.1, -0.05) is 42.5 Å². The van der Waals surface area contributed by atoms with Crippen molar-refractivity contribution in [1.29, 1.82) is 0 Å². The van der Waals surface area contributed by atoms with Crippen molar-refractivity contribution in [2.24, 2.45) is 0 Å². The summed E-state index contributed by atoms with van der Waals surface area (Å²) in [6, 6.07) is 20.3. The summed E-state index contributed by atoms with van der Waals surface area (Å²) in [5.41, 5.74) is 4.40. The van der Waals surface area contributed by atoms with Crippen LogP contribution < -0.4 is 10.1 Å². The van der Waals surface area contributed by atoms with Crippen molar-refractivity contribution in [1.82, 2.24) is 10.3 Å². The number of hydrogen-bond acceptors (Lipinski definition) is 4. The fourth-order valence-corrected chi connectivity index (χ4v) is 2.65. The summed E-state index contributed by atoms with van der Waals surface area (Å²) in [5.74, 6) is 0.851. The first-order chi connectivity index (χ1) is 12.7. The van der Waals surface area contributed by atoms with Crippen molar-refractivity contribution < 1.29 is 9.84 Å². The third-order valence-electron chi connectivity index (χ3n) is 4.33. The molecular weight excluding hydrogens is 324 g/mol. The Morgan fingerprint density at radius 3 is 2.35 bits per heavy atom. The zero-order valence-electron chi connectivity index (χ0n) is 14.9. The van der Waals surface area contributed by atoms with Gasteiger partial charge in [0.25, 0.3) is 0 Å². The Labute approximate surface area is 154 Å². The van der Waals surface area contributed by atoms with Crippen LogP contribution in [0.25, 0.3) is 0 Å². The van der Waals surface area contributed by atoms with Gasteiger partial charge >= 0.3 is 0 Å². The van der Waals surface area contributed by atoms with E-state index in [1.807, 2.05) is 54.7 Å². The molecule has 26 heavy (non-hydrogen) atoms. The highest BCUT2D eigenvalue weighted by atomic mass is 16.5. The molecule has 0 spiro atoms. The molecule has 0 aliphatic carbocycles. The number of aromatic nitrogens is 1. The molecule has 0 saturated heterocycles. The Morgan fingerprint density at radius 2 is 1.69 bits per heavy atom. The van der Waals surface area contributed by atoms with E-state index in [1.54, 1.807) is 6.20 Å². The summed E-state index contributed by atoms with van der Waals surface area (Å²) in [4.78, 5) is 4.09. The second kappa shape index (κ2) is 9.13. The van der Waals surface area contributed by atoms with Gasteiger partial charge in [-0.2, -0.15) is 0 Å². The maximum atomic E-state index is 9.09. The predicted molar refractivity (Wildman–Crippen MR) is 103 cm³/mol. The van der Waals surface area contributed by atoms with Crippen LogP contribution in [0.5, 0.6) is 5.75 Å². The Morgan fingerprint density at radius 1 is 0.962 bits per heavy atom. The van der Waals surface area contributed by atoms with Gasteiger partial charge in [0.2, 0.25) is 0 Å². The van der Waals surface area contributed by atoms with Gasteiger partial charge in [-0.3, -0.25) is 4.98 Å². The maximum absolute atomic E-state index is 9.09. The second-order valence-corrected chi connectivity index (χ2v) is 6.30. The largest absolute Gasteiger partial charge is 0.489 e. The lowest BCUT2D eigenvalue weighted by atomic mass is 10.1. The molecule has 4 nitrogen and oxygen atoms in total. The number of ether oxygens (including phenoxy) is 1. The van der Waals surface area contributed by atoms with E-state index < -0.39 is 0 Å². The van der Waals surface area contributed by atoms with Crippen LogP contribution in [0.2, 0.25) is 0 Å². The average Bonchev–Trinajstić information content (AvgIpc) is 2.72. The standard InChI is InChI=1S/C22H24N2O2/c1-17(24-14-18-4-6-19(15-25)7-5-18)21-8-10-22(11-9-21)26-16-20-3-2-12-23-13-20/h2-13,17,24-25H,14-16H2,1H3. The zero-order valence-corrected chi connectivity index (χ0v) is 14.9. The van der Waals surface area contributed by atoms with Crippen LogP contribution in [0, 0.1) is 0 Å². The number of nitrogens with zero attached hydrogens (tertiary/aromatic N) is 1. The Balaban J connectivity index is 1.50. The molecule has 3 aromatic rings. The molecule has 1 unspecified atom stereocenters. The zero-order chi connectivity index (χ0) is 18.2. The highest BCUT2D eigenvalue weighted by Crippen LogP contribution is 2.19. The van der Waals surface area contributed by atoms with Gasteiger partial charge in [0.05, 0.1) is 6.61 Å². The van der Waals surface area contributed by atoms with Gasteiger partial charge in [0.15, 0.2) is 0 Å². The first-order valence-corrected chi connectivity index (χ1v) is 8.78. The molecule has 0 saturated carbocycles. The molecular formula is C22H24N2O2. The second-order valence-electron chi connectivity index (χ2n) is 6.30. The van der Waals surface area contributed by atoms with Crippen molar-refractivity contribution in [3.8, 4) is 5.75 Å². The van der Waals surface area contributed by atoms with Crippen LogP contribution in [0.4, 0.5) is 0 Å². The van der Waals surface area contributed by atoms with Crippen LogP contribution in [0.3, 0.4) is 0 Å². The molecule has 0 aliphatic rings. The van der Waals surface area contributed by atoms with Gasteiger partial charge in [-0.25, -0.2) is 0 Å². The van der Waals surface area contributed by atoms with E-state index in [1.165, 1.54) is 11.1 Å². The van der Waals surface area contributed by atoms with E-state index in [4.69, 9.17) is 9.84 Å². The number of pyridine rings is 1. The quantitative estimate of drug-likeness (QED) is 0.646. The van der Waals surface area contributed by atoms with Gasteiger partial charge in [-0.05, 0) is 41.8 Å². The summed E-state index contributed by atoms with van der Waals surface area (Å²) in [7, 11) is 0. The van der Waals surface area contributed by atoms with E-state index in [0.29, 0.717) is 6.61 Å². The van der Waals surface area contributed by atoms with Gasteiger partial charge < -0.3 is 15.2 Å². The summed E-state index contributed by atoms with van der Waals surface area (Å²) in [5, 5.41) is 12.6. The number of benzene rings is 2. The van der Waals surface area contributed by atoms with E-state index in [-0.39, 0.29) is 12.6 Å². The molecule has 4 heteroatoms. The molecule has 2 aromatic carbocycles. The van der Waals surface area contributed by atoms with Gasteiger partial charge in [0.1, 0.15) is 12.4 Å². The molecule has 0 aliphatic heterocycles. The fourth-order valence-electron chi connectivity index (χ4n) is 2.65. The minimum atomic E-state index is 0.0827. The number of nitrogens with one attached hydrogen (secondary N) is 1. The lowest BCUT2D eigenvalue weighted by Crippen LogP contribution is -2.18. The molecule has 1 aromatic heterocycles. The monoisotopic (exact) mass is 348 g/mol. The van der Waals surface area contributed by atoms with Crippen molar-refractivity contribution >= 4 is 0 Å². The summed E-state index contributed by atoms with van der Waals surface area (Å²) < 4.78 is 5.80. The van der Waals surface area contributed by atoms with Gasteiger partial charge in [0, 0.05) is 30.5 Å². The van der Waals surface area contributed by atoms with Crippen molar-refractivity contribution in [3.05, 3.63) is 95.3 Å². The molecule has 0 bridgehead atoms. The normalized spacial score (nSPS) is 11.9. The lowest BCUT2D eigenvalue weighted by Gasteiger charge is -2.15. The highest BCUT2D eigenvalue weighted by Gasteiger charge is 2.06. The molecule has 0 radical (unpaired) electrons. The molecule has 1 atom stereocenters. The van der Waals surface area contributed by atoms with Crippen LogP contribution in [-0.2, 0) is 19.8 Å².